The zero-order valence-electron chi connectivity index (χ0n) is 22.6. The highest BCUT2D eigenvalue weighted by molar-refractivity contribution is 5.92. The van der Waals surface area contributed by atoms with Crippen LogP contribution in [0.1, 0.15) is 39.3 Å². The molecule has 1 aliphatic heterocycles. The predicted octanol–water partition coefficient (Wildman–Crippen LogP) is 6.48. The van der Waals surface area contributed by atoms with Crippen molar-refractivity contribution in [1.29, 1.82) is 0 Å². The number of pyridine rings is 1. The van der Waals surface area contributed by atoms with Gasteiger partial charge in [0.2, 0.25) is 5.88 Å². The molecule has 0 bridgehead atoms. The normalized spacial score (nSPS) is 14.6. The number of halogens is 3. The third kappa shape index (κ3) is 5.58. The number of fused-ring (bicyclic) bond motifs is 1. The molecule has 42 heavy (non-hydrogen) atoms. The molecule has 0 spiro atoms. The molecule has 3 aromatic carbocycles. The Balaban J connectivity index is 1.26. The van der Waals surface area contributed by atoms with Gasteiger partial charge in [-0.05, 0) is 60.9 Å². The van der Waals surface area contributed by atoms with Crippen molar-refractivity contribution in [2.75, 3.05) is 6.61 Å². The van der Waals surface area contributed by atoms with Crippen LogP contribution in [0.25, 0.3) is 22.3 Å². The van der Waals surface area contributed by atoms with Gasteiger partial charge in [-0.15, -0.1) is 0 Å². The first-order chi connectivity index (χ1) is 20.2. The highest BCUT2D eigenvalue weighted by Crippen LogP contribution is 2.28. The first-order valence-corrected chi connectivity index (χ1v) is 13.4. The van der Waals surface area contributed by atoms with E-state index >= 15 is 4.39 Å². The summed E-state index contributed by atoms with van der Waals surface area (Å²) >= 11 is 0. The Labute approximate surface area is 239 Å². The van der Waals surface area contributed by atoms with Gasteiger partial charge in [-0.3, -0.25) is 0 Å². The van der Waals surface area contributed by atoms with Crippen molar-refractivity contribution >= 4 is 17.0 Å². The summed E-state index contributed by atoms with van der Waals surface area (Å²) in [6, 6.07) is 16.3. The second-order valence-corrected chi connectivity index (χ2v) is 10.3. The molecule has 2 aromatic heterocycles. The van der Waals surface area contributed by atoms with Gasteiger partial charge in [-0.25, -0.2) is 27.9 Å². The van der Waals surface area contributed by atoms with Crippen molar-refractivity contribution in [2.24, 2.45) is 0 Å². The fourth-order valence-corrected chi connectivity index (χ4v) is 4.91. The molecular formula is C32H26F3N3O4. The van der Waals surface area contributed by atoms with Gasteiger partial charge in [0.05, 0.1) is 29.2 Å². The highest BCUT2D eigenvalue weighted by atomic mass is 19.1. The Hall–Kier alpha value is -4.70. The van der Waals surface area contributed by atoms with Crippen molar-refractivity contribution in [3.8, 4) is 17.1 Å². The minimum absolute atomic E-state index is 0.0343. The van der Waals surface area contributed by atoms with Gasteiger partial charge in [0.25, 0.3) is 0 Å². The van der Waals surface area contributed by atoms with E-state index < -0.39 is 23.4 Å². The molecule has 1 N–H and O–H groups in total. The number of rotatable bonds is 9. The number of imidazole rings is 1. The summed E-state index contributed by atoms with van der Waals surface area (Å²) < 4.78 is 57.4. The largest absolute Gasteiger partial charge is 0.478 e. The molecule has 1 fully saturated rings. The van der Waals surface area contributed by atoms with Gasteiger partial charge in [0.1, 0.15) is 35.6 Å². The van der Waals surface area contributed by atoms with Gasteiger partial charge >= 0.3 is 5.97 Å². The van der Waals surface area contributed by atoms with E-state index in [1.54, 1.807) is 43.3 Å². The summed E-state index contributed by atoms with van der Waals surface area (Å²) in [6.45, 7) is 2.80. The van der Waals surface area contributed by atoms with E-state index in [2.05, 4.69) is 9.97 Å². The Morgan fingerprint density at radius 1 is 0.976 bits per heavy atom. The van der Waals surface area contributed by atoms with E-state index in [9.17, 15) is 18.7 Å². The maximum atomic E-state index is 15.4. The third-order valence-electron chi connectivity index (χ3n) is 7.33. The fourth-order valence-electron chi connectivity index (χ4n) is 4.91. The number of ether oxygens (including phenoxy) is 2. The number of carbonyl (C=O) groups is 1. The molecule has 7 nitrogen and oxygen atoms in total. The smallest absolute Gasteiger partial charge is 0.335 e. The highest BCUT2D eigenvalue weighted by Gasteiger charge is 2.23. The van der Waals surface area contributed by atoms with E-state index in [-0.39, 0.29) is 41.8 Å². The molecule has 1 atom stereocenters. The summed E-state index contributed by atoms with van der Waals surface area (Å²) in [6.07, 6.45) is 0.951. The molecule has 214 valence electrons. The summed E-state index contributed by atoms with van der Waals surface area (Å²) in [7, 11) is 0. The molecule has 1 aliphatic rings. The first-order valence-electron chi connectivity index (χ1n) is 13.4. The Morgan fingerprint density at radius 2 is 1.76 bits per heavy atom. The van der Waals surface area contributed by atoms with Crippen LogP contribution < -0.4 is 4.74 Å². The lowest BCUT2D eigenvalue weighted by Gasteiger charge is -2.27. The van der Waals surface area contributed by atoms with Crippen LogP contribution in [0.4, 0.5) is 13.2 Å². The average Bonchev–Trinajstić information content (AvgIpc) is 3.28. The van der Waals surface area contributed by atoms with E-state index in [1.165, 1.54) is 30.3 Å². The molecule has 5 aromatic rings. The minimum Gasteiger partial charge on any atom is -0.478 e. The molecule has 1 unspecified atom stereocenters. The maximum Gasteiger partial charge on any atom is 0.335 e. The Bertz CT molecular complexity index is 1820. The van der Waals surface area contributed by atoms with E-state index in [0.29, 0.717) is 41.1 Å². The van der Waals surface area contributed by atoms with Crippen LogP contribution in [0.15, 0.2) is 66.7 Å². The topological polar surface area (TPSA) is 86.5 Å². The lowest BCUT2D eigenvalue weighted by atomic mass is 10.0. The van der Waals surface area contributed by atoms with Gasteiger partial charge in [0, 0.05) is 30.2 Å². The fraction of sp³-hybridized carbons (Fsp3) is 0.219. The molecule has 1 saturated heterocycles. The van der Waals surface area contributed by atoms with Crippen molar-refractivity contribution in [1.82, 2.24) is 14.5 Å². The van der Waals surface area contributed by atoms with Crippen LogP contribution >= 0.6 is 0 Å². The monoisotopic (exact) mass is 573 g/mol. The number of carboxylic acids is 1. The van der Waals surface area contributed by atoms with Crippen LogP contribution in [-0.4, -0.2) is 38.3 Å². The minimum atomic E-state index is -1.05. The van der Waals surface area contributed by atoms with E-state index in [1.807, 2.05) is 4.57 Å². The van der Waals surface area contributed by atoms with E-state index in [4.69, 9.17) is 9.47 Å². The number of hydrogen-bond acceptors (Lipinski definition) is 5. The number of aromatic carboxylic acids is 1. The molecule has 10 heteroatoms. The van der Waals surface area contributed by atoms with Crippen LogP contribution in [0.5, 0.6) is 5.88 Å². The molecule has 0 radical (unpaired) electrons. The van der Waals surface area contributed by atoms with E-state index in [0.717, 1.165) is 12.0 Å². The average molecular weight is 574 g/mol. The van der Waals surface area contributed by atoms with Crippen LogP contribution in [0.3, 0.4) is 0 Å². The van der Waals surface area contributed by atoms with Gasteiger partial charge < -0.3 is 19.1 Å². The Morgan fingerprint density at radius 3 is 2.48 bits per heavy atom. The lowest BCUT2D eigenvalue weighted by molar-refractivity contribution is -0.0589. The summed E-state index contributed by atoms with van der Waals surface area (Å²) in [5.74, 6) is -2.07. The van der Waals surface area contributed by atoms with Crippen LogP contribution in [0.2, 0.25) is 0 Å². The molecule has 6 rings (SSSR count). The first kappa shape index (κ1) is 27.5. The molecule has 3 heterocycles. The van der Waals surface area contributed by atoms with Crippen LogP contribution in [0, 0.1) is 24.4 Å². The molecule has 0 aliphatic carbocycles. The van der Waals surface area contributed by atoms with Gasteiger partial charge in [-0.2, -0.15) is 0 Å². The second kappa shape index (κ2) is 11.3. The quantitative estimate of drug-likeness (QED) is 0.217. The number of aromatic nitrogens is 3. The van der Waals surface area contributed by atoms with Gasteiger partial charge in [0.15, 0.2) is 0 Å². The molecule has 0 saturated carbocycles. The zero-order chi connectivity index (χ0) is 29.4. The van der Waals surface area contributed by atoms with Gasteiger partial charge in [-0.1, -0.05) is 24.3 Å². The summed E-state index contributed by atoms with van der Waals surface area (Å²) in [5.41, 5.74) is 2.90. The van der Waals surface area contributed by atoms with Crippen molar-refractivity contribution in [3.63, 3.8) is 0 Å². The predicted molar refractivity (Wildman–Crippen MR) is 149 cm³/mol. The zero-order valence-corrected chi connectivity index (χ0v) is 22.6. The lowest BCUT2D eigenvalue weighted by Crippen LogP contribution is -2.31. The second-order valence-electron chi connectivity index (χ2n) is 10.3. The number of carboxylic acid groups (broad SMARTS) is 1. The molecule has 0 amide bonds. The SMILES string of the molecule is Cc1ccc(COc2ccc(F)c(-c3ccc(Cc4nc5ccc(C(=O)O)cc5n4CC4CCO4)c(F)c3)n2)c(F)c1. The van der Waals surface area contributed by atoms with Crippen molar-refractivity contribution in [3.05, 3.63) is 112 Å². The summed E-state index contributed by atoms with van der Waals surface area (Å²) in [5, 5.41) is 9.45. The summed E-state index contributed by atoms with van der Waals surface area (Å²) in [4.78, 5) is 20.4. The third-order valence-corrected chi connectivity index (χ3v) is 7.33. The number of nitrogens with zero attached hydrogens (tertiary/aromatic N) is 3. The van der Waals surface area contributed by atoms with Crippen molar-refractivity contribution in [2.45, 2.75) is 39.0 Å². The standard InChI is InChI=1S/C32H26F3N3O4/c1-18-2-3-22(25(34)12-18)17-42-30-9-7-24(33)31(37-30)20-5-4-19(26(35)13-20)15-29-36-27-8-6-21(32(39)40)14-28(27)38(29)16-23-10-11-41-23/h2-9,12-14,23H,10-11,15-17H2,1H3,(H,39,40). The number of benzene rings is 3. The Kier molecular flexibility index (Phi) is 7.38. The maximum absolute atomic E-state index is 15.4. The number of hydrogen-bond donors (Lipinski definition) is 1. The van der Waals surface area contributed by atoms with Crippen LogP contribution in [-0.2, 0) is 24.3 Å². The number of aryl methyl sites for hydroxylation is 1. The van der Waals surface area contributed by atoms with Crippen molar-refractivity contribution < 1.29 is 32.5 Å². The molecular weight excluding hydrogens is 547 g/mol.